The van der Waals surface area contributed by atoms with Crippen LogP contribution in [0.2, 0.25) is 5.02 Å². The van der Waals surface area contributed by atoms with E-state index in [-0.39, 0.29) is 40.4 Å². The number of nitrogen functional groups attached to an aromatic ring is 1. The lowest BCUT2D eigenvalue weighted by atomic mass is 10.0. The Bertz CT molecular complexity index is 1260. The number of carbonyl (C=O) groups excluding carboxylic acids is 3. The number of halogens is 2. The number of hydrogen-bond acceptors (Lipinski definition) is 6. The van der Waals surface area contributed by atoms with Crippen LogP contribution in [0.25, 0.3) is 0 Å². The van der Waals surface area contributed by atoms with Crippen molar-refractivity contribution in [1.82, 2.24) is 14.8 Å². The summed E-state index contributed by atoms with van der Waals surface area (Å²) in [6, 6.07) is 7.71. The highest BCUT2D eigenvalue weighted by Crippen LogP contribution is 2.24. The Kier molecular flexibility index (Phi) is 7.16. The molecule has 1 unspecified atom stereocenters. The Labute approximate surface area is 199 Å². The van der Waals surface area contributed by atoms with E-state index in [1.54, 1.807) is 45.0 Å². The van der Waals surface area contributed by atoms with E-state index in [9.17, 15) is 18.8 Å². The standard InChI is InChI=1S/C22H23ClFN7O3/c1-10(2)31-19(25)16(20(26)32)17(30-31)22(34)29-15-8-14(9-27-18(15)24)28-21(33)11(3)12-4-6-13(23)7-5-12/h4-11H,25H2,1-3H3,(H2,26,32)(H,28,33)(H,29,34). The van der Waals surface area contributed by atoms with Gasteiger partial charge in [-0.3, -0.25) is 14.4 Å². The van der Waals surface area contributed by atoms with Crippen LogP contribution >= 0.6 is 11.6 Å². The molecule has 0 aliphatic rings. The number of aromatic nitrogens is 3. The Morgan fingerprint density at radius 2 is 1.76 bits per heavy atom. The first-order chi connectivity index (χ1) is 16.0. The van der Waals surface area contributed by atoms with Gasteiger partial charge in [0.25, 0.3) is 11.8 Å². The first-order valence-electron chi connectivity index (χ1n) is 10.2. The minimum Gasteiger partial charge on any atom is -0.383 e. The van der Waals surface area contributed by atoms with Crippen molar-refractivity contribution in [3.8, 4) is 0 Å². The Balaban J connectivity index is 1.82. The van der Waals surface area contributed by atoms with Crippen molar-refractivity contribution in [2.45, 2.75) is 32.7 Å². The summed E-state index contributed by atoms with van der Waals surface area (Å²) in [5, 5.41) is 9.51. The lowest BCUT2D eigenvalue weighted by molar-refractivity contribution is -0.117. The van der Waals surface area contributed by atoms with Crippen molar-refractivity contribution in [2.75, 3.05) is 16.4 Å². The number of primary amides is 1. The molecule has 3 rings (SSSR count). The molecule has 1 atom stereocenters. The fourth-order valence-electron chi connectivity index (χ4n) is 3.18. The lowest BCUT2D eigenvalue weighted by Gasteiger charge is -2.13. The Morgan fingerprint density at radius 1 is 1.12 bits per heavy atom. The van der Waals surface area contributed by atoms with E-state index < -0.39 is 23.7 Å². The number of nitrogens with one attached hydrogen (secondary N) is 2. The number of amides is 3. The summed E-state index contributed by atoms with van der Waals surface area (Å²) in [5.74, 6) is -3.88. The molecule has 12 heteroatoms. The molecule has 178 valence electrons. The smallest absolute Gasteiger partial charge is 0.277 e. The zero-order valence-electron chi connectivity index (χ0n) is 18.6. The van der Waals surface area contributed by atoms with Crippen molar-refractivity contribution in [2.24, 2.45) is 5.73 Å². The number of carbonyl (C=O) groups is 3. The third kappa shape index (κ3) is 5.15. The van der Waals surface area contributed by atoms with Crippen LogP contribution in [0.15, 0.2) is 36.5 Å². The molecule has 0 fully saturated rings. The predicted molar refractivity (Wildman–Crippen MR) is 126 cm³/mol. The number of hydrogen-bond donors (Lipinski definition) is 4. The van der Waals surface area contributed by atoms with Crippen LogP contribution in [0.1, 0.15) is 59.1 Å². The number of rotatable bonds is 7. The maximum atomic E-state index is 14.3. The summed E-state index contributed by atoms with van der Waals surface area (Å²) >= 11 is 5.88. The molecule has 2 heterocycles. The molecule has 0 aliphatic heterocycles. The molecular formula is C22H23ClFN7O3. The fourth-order valence-corrected chi connectivity index (χ4v) is 3.31. The maximum absolute atomic E-state index is 14.3. The molecule has 0 aliphatic carbocycles. The quantitative estimate of drug-likeness (QED) is 0.374. The topological polar surface area (TPSA) is 158 Å². The van der Waals surface area contributed by atoms with Gasteiger partial charge in [0.05, 0.1) is 23.5 Å². The highest BCUT2D eigenvalue weighted by Gasteiger charge is 2.27. The van der Waals surface area contributed by atoms with Crippen molar-refractivity contribution < 1.29 is 18.8 Å². The maximum Gasteiger partial charge on any atom is 0.277 e. The third-order valence-corrected chi connectivity index (χ3v) is 5.27. The van der Waals surface area contributed by atoms with Crippen LogP contribution in [-0.4, -0.2) is 32.5 Å². The second-order valence-corrected chi connectivity index (χ2v) is 8.23. The van der Waals surface area contributed by atoms with Crippen LogP contribution in [0.5, 0.6) is 0 Å². The molecule has 34 heavy (non-hydrogen) atoms. The van der Waals surface area contributed by atoms with Gasteiger partial charge in [-0.2, -0.15) is 9.49 Å². The van der Waals surface area contributed by atoms with Gasteiger partial charge in [-0.15, -0.1) is 0 Å². The van der Waals surface area contributed by atoms with Gasteiger partial charge in [-0.25, -0.2) is 9.67 Å². The second kappa shape index (κ2) is 9.87. The minimum atomic E-state index is -1.01. The van der Waals surface area contributed by atoms with E-state index in [4.69, 9.17) is 23.1 Å². The first kappa shape index (κ1) is 24.6. The van der Waals surface area contributed by atoms with Gasteiger partial charge in [0.2, 0.25) is 11.9 Å². The highest BCUT2D eigenvalue weighted by atomic mass is 35.5. The number of nitrogens with two attached hydrogens (primary N) is 2. The van der Waals surface area contributed by atoms with Crippen molar-refractivity contribution in [3.63, 3.8) is 0 Å². The van der Waals surface area contributed by atoms with Gasteiger partial charge in [0.1, 0.15) is 11.4 Å². The van der Waals surface area contributed by atoms with Gasteiger partial charge in [-0.1, -0.05) is 23.7 Å². The average molecular weight is 488 g/mol. The number of nitrogens with zero attached hydrogens (tertiary/aromatic N) is 3. The second-order valence-electron chi connectivity index (χ2n) is 7.79. The summed E-state index contributed by atoms with van der Waals surface area (Å²) < 4.78 is 15.6. The van der Waals surface area contributed by atoms with E-state index in [1.807, 2.05) is 0 Å². The summed E-state index contributed by atoms with van der Waals surface area (Å²) in [4.78, 5) is 40.8. The van der Waals surface area contributed by atoms with Crippen LogP contribution in [0, 0.1) is 5.95 Å². The summed E-state index contributed by atoms with van der Waals surface area (Å²) in [6.45, 7) is 5.19. The first-order valence-corrected chi connectivity index (χ1v) is 10.6. The number of anilines is 3. The molecule has 0 saturated carbocycles. The van der Waals surface area contributed by atoms with E-state index >= 15 is 0 Å². The molecular weight excluding hydrogens is 465 g/mol. The number of benzene rings is 1. The Hall–Kier alpha value is -3.99. The number of pyridine rings is 1. The predicted octanol–water partition coefficient (Wildman–Crippen LogP) is 3.33. The van der Waals surface area contributed by atoms with Gasteiger partial charge >= 0.3 is 0 Å². The summed E-state index contributed by atoms with van der Waals surface area (Å²) in [5.41, 5.74) is 11.2. The lowest BCUT2D eigenvalue weighted by Crippen LogP contribution is -2.22. The molecule has 2 aromatic heterocycles. The van der Waals surface area contributed by atoms with Gasteiger partial charge in [0, 0.05) is 11.1 Å². The molecule has 0 saturated heterocycles. The molecule has 0 radical (unpaired) electrons. The Morgan fingerprint density at radius 3 is 2.35 bits per heavy atom. The van der Waals surface area contributed by atoms with Gasteiger partial charge < -0.3 is 22.1 Å². The van der Waals surface area contributed by atoms with Crippen molar-refractivity contribution in [1.29, 1.82) is 0 Å². The molecule has 1 aromatic carbocycles. The minimum absolute atomic E-state index is 0.0801. The molecule has 3 amide bonds. The van der Waals surface area contributed by atoms with Crippen molar-refractivity contribution in [3.05, 3.63) is 64.3 Å². The molecule has 0 spiro atoms. The van der Waals surface area contributed by atoms with E-state index in [2.05, 4.69) is 20.7 Å². The van der Waals surface area contributed by atoms with E-state index in [0.29, 0.717) is 5.02 Å². The highest BCUT2D eigenvalue weighted by molar-refractivity contribution is 6.30. The SMILES string of the molecule is CC(C(=O)Nc1cnc(F)c(NC(=O)c2nn(C(C)C)c(N)c2C(N)=O)c1)c1ccc(Cl)cc1. The van der Waals surface area contributed by atoms with Crippen LogP contribution < -0.4 is 22.1 Å². The normalized spacial score (nSPS) is 11.8. The van der Waals surface area contributed by atoms with E-state index in [0.717, 1.165) is 11.8 Å². The zero-order valence-corrected chi connectivity index (χ0v) is 19.4. The third-order valence-electron chi connectivity index (χ3n) is 5.02. The van der Waals surface area contributed by atoms with Crippen LogP contribution in [-0.2, 0) is 4.79 Å². The molecule has 0 bridgehead atoms. The largest absolute Gasteiger partial charge is 0.383 e. The van der Waals surface area contributed by atoms with Gasteiger partial charge in [0.15, 0.2) is 5.69 Å². The zero-order chi connectivity index (χ0) is 25.2. The molecule has 10 nitrogen and oxygen atoms in total. The van der Waals surface area contributed by atoms with Crippen molar-refractivity contribution >= 4 is 46.5 Å². The average Bonchev–Trinajstić information content (AvgIpc) is 3.13. The molecule has 6 N–H and O–H groups in total. The van der Waals surface area contributed by atoms with Crippen LogP contribution in [0.4, 0.5) is 21.6 Å². The summed E-state index contributed by atoms with van der Waals surface area (Å²) in [6.07, 6.45) is 1.11. The fraction of sp³-hybridized carbons (Fsp3) is 0.227. The van der Waals surface area contributed by atoms with Crippen LogP contribution in [0.3, 0.4) is 0 Å². The van der Waals surface area contributed by atoms with E-state index in [1.165, 1.54) is 10.7 Å². The van der Waals surface area contributed by atoms with Gasteiger partial charge in [-0.05, 0) is 44.5 Å². The molecule has 3 aromatic rings. The summed E-state index contributed by atoms with van der Waals surface area (Å²) in [7, 11) is 0. The monoisotopic (exact) mass is 487 g/mol.